The first-order valence-electron chi connectivity index (χ1n) is 10.5. The number of hydrogen-bond acceptors (Lipinski definition) is 5. The van der Waals surface area contributed by atoms with Gasteiger partial charge in [0.05, 0.1) is 19.8 Å². The third-order valence-electron chi connectivity index (χ3n) is 5.59. The van der Waals surface area contributed by atoms with E-state index >= 15 is 0 Å². The van der Waals surface area contributed by atoms with Gasteiger partial charge < -0.3 is 4.74 Å². The topological polar surface area (TPSA) is 38.5 Å². The van der Waals surface area contributed by atoms with E-state index in [1.807, 2.05) is 35.0 Å². The van der Waals surface area contributed by atoms with Crippen molar-refractivity contribution in [3.05, 3.63) is 70.0 Å². The van der Waals surface area contributed by atoms with Crippen LogP contribution in [0.15, 0.2) is 54.6 Å². The molecule has 1 fully saturated rings. The van der Waals surface area contributed by atoms with Gasteiger partial charge in [-0.1, -0.05) is 54.1 Å². The largest absolute Gasteiger partial charge is 0.383 e. The first kappa shape index (κ1) is 22.2. The van der Waals surface area contributed by atoms with E-state index in [-0.39, 0.29) is 0 Å². The summed E-state index contributed by atoms with van der Waals surface area (Å²) in [5, 5.41) is 5.66. The zero-order valence-electron chi connectivity index (χ0n) is 17.8. The third kappa shape index (κ3) is 5.61. The number of aromatic nitrogens is 3. The molecule has 2 heterocycles. The first-order chi connectivity index (χ1) is 15.1. The van der Waals surface area contributed by atoms with Crippen LogP contribution in [-0.2, 0) is 24.5 Å². The lowest BCUT2D eigenvalue weighted by Gasteiger charge is -2.34. The number of methoxy groups -OCH3 is 1. The van der Waals surface area contributed by atoms with Crippen LogP contribution in [0.1, 0.15) is 5.56 Å². The Labute approximate surface area is 193 Å². The molecule has 3 aromatic rings. The second-order valence-corrected chi connectivity index (χ2v) is 8.58. The van der Waals surface area contributed by atoms with Crippen LogP contribution < -0.4 is 0 Å². The van der Waals surface area contributed by atoms with Gasteiger partial charge in [-0.25, -0.2) is 4.68 Å². The quantitative estimate of drug-likeness (QED) is 0.475. The van der Waals surface area contributed by atoms with E-state index in [2.05, 4.69) is 38.6 Å². The Morgan fingerprint density at radius 2 is 1.65 bits per heavy atom. The maximum Gasteiger partial charge on any atom is 0.199 e. The van der Waals surface area contributed by atoms with Crippen LogP contribution in [0.4, 0.5) is 0 Å². The van der Waals surface area contributed by atoms with Gasteiger partial charge in [0.25, 0.3) is 0 Å². The smallest absolute Gasteiger partial charge is 0.199 e. The van der Waals surface area contributed by atoms with E-state index in [1.165, 1.54) is 5.56 Å². The molecule has 4 rings (SSSR count). The fourth-order valence-corrected chi connectivity index (χ4v) is 4.25. The maximum absolute atomic E-state index is 6.00. The molecule has 8 heteroatoms. The number of benzene rings is 2. The molecule has 0 N–H and O–H groups in total. The Morgan fingerprint density at radius 1 is 0.968 bits per heavy atom. The molecule has 0 aliphatic carbocycles. The molecular formula is C23H28ClN5OS. The molecule has 1 aliphatic rings. The zero-order chi connectivity index (χ0) is 21.6. The number of halogens is 1. The first-order valence-corrected chi connectivity index (χ1v) is 11.3. The predicted octanol–water partition coefficient (Wildman–Crippen LogP) is 4.16. The minimum absolute atomic E-state index is 0.600. The lowest BCUT2D eigenvalue weighted by molar-refractivity contribution is 0.0979. The average Bonchev–Trinajstić information content (AvgIpc) is 3.11. The summed E-state index contributed by atoms with van der Waals surface area (Å²) >= 11 is 11.8. The number of ether oxygens (including phenoxy) is 1. The summed E-state index contributed by atoms with van der Waals surface area (Å²) in [7, 11) is 1.71. The highest BCUT2D eigenvalue weighted by Gasteiger charge is 2.19. The summed E-state index contributed by atoms with van der Waals surface area (Å²) in [5.41, 5.74) is 2.36. The molecule has 2 aromatic carbocycles. The van der Waals surface area contributed by atoms with E-state index in [1.54, 1.807) is 7.11 Å². The van der Waals surface area contributed by atoms with Gasteiger partial charge in [-0.05, 0) is 29.9 Å². The molecular weight excluding hydrogens is 430 g/mol. The summed E-state index contributed by atoms with van der Waals surface area (Å²) < 4.78 is 10.0. The Bertz CT molecular complexity index is 1030. The van der Waals surface area contributed by atoms with E-state index < -0.39 is 0 Å². The molecule has 0 bridgehead atoms. The summed E-state index contributed by atoms with van der Waals surface area (Å²) in [4.78, 5) is 4.89. The van der Waals surface area contributed by atoms with Crippen LogP contribution in [0.5, 0.6) is 0 Å². The van der Waals surface area contributed by atoms with E-state index in [0.29, 0.717) is 19.8 Å². The predicted molar refractivity (Wildman–Crippen MR) is 127 cm³/mol. The molecule has 0 radical (unpaired) electrons. The average molecular weight is 458 g/mol. The third-order valence-corrected chi connectivity index (χ3v) is 6.28. The van der Waals surface area contributed by atoms with Crippen LogP contribution in [0.3, 0.4) is 0 Å². The van der Waals surface area contributed by atoms with Gasteiger partial charge in [-0.2, -0.15) is 5.10 Å². The van der Waals surface area contributed by atoms with Crippen LogP contribution in [0.25, 0.3) is 11.4 Å². The molecule has 0 atom stereocenters. The van der Waals surface area contributed by atoms with Gasteiger partial charge in [0.2, 0.25) is 0 Å². The van der Waals surface area contributed by atoms with Crippen molar-refractivity contribution < 1.29 is 4.74 Å². The standard InChI is InChI=1S/C23H28ClN5OS/c1-30-16-15-28-22(20-5-3-2-4-6-20)25-29(23(28)31)18-27-13-11-26(12-14-27)17-19-7-9-21(24)10-8-19/h2-10H,11-18H2,1H3. The maximum atomic E-state index is 6.00. The molecule has 0 amide bonds. The summed E-state index contributed by atoms with van der Waals surface area (Å²) in [6, 6.07) is 18.3. The molecule has 1 aliphatic heterocycles. The minimum atomic E-state index is 0.600. The van der Waals surface area contributed by atoms with E-state index in [9.17, 15) is 0 Å². The fraction of sp³-hybridized carbons (Fsp3) is 0.391. The molecule has 6 nitrogen and oxygen atoms in total. The molecule has 31 heavy (non-hydrogen) atoms. The Balaban J connectivity index is 1.42. The second kappa shape index (κ2) is 10.5. The van der Waals surface area contributed by atoms with Crippen molar-refractivity contribution in [1.29, 1.82) is 0 Å². The van der Waals surface area contributed by atoms with Gasteiger partial charge in [0.15, 0.2) is 10.6 Å². The van der Waals surface area contributed by atoms with Crippen molar-refractivity contribution in [2.24, 2.45) is 0 Å². The number of nitrogens with zero attached hydrogens (tertiary/aromatic N) is 5. The molecule has 164 valence electrons. The van der Waals surface area contributed by atoms with Crippen LogP contribution in [0, 0.1) is 4.77 Å². The van der Waals surface area contributed by atoms with Crippen LogP contribution in [-0.4, -0.2) is 64.0 Å². The van der Waals surface area contributed by atoms with Crippen molar-refractivity contribution >= 4 is 23.8 Å². The van der Waals surface area contributed by atoms with Gasteiger partial charge >= 0.3 is 0 Å². The minimum Gasteiger partial charge on any atom is -0.383 e. The second-order valence-electron chi connectivity index (χ2n) is 7.78. The fourth-order valence-electron chi connectivity index (χ4n) is 3.84. The highest BCUT2D eigenvalue weighted by Crippen LogP contribution is 2.19. The highest BCUT2D eigenvalue weighted by molar-refractivity contribution is 7.71. The number of piperazine rings is 1. The van der Waals surface area contributed by atoms with Crippen molar-refractivity contribution in [3.63, 3.8) is 0 Å². The molecule has 0 saturated carbocycles. The SMILES string of the molecule is COCCn1c(-c2ccccc2)nn(CN2CCN(Cc3ccc(Cl)cc3)CC2)c1=S. The van der Waals surface area contributed by atoms with Crippen LogP contribution in [0.2, 0.25) is 5.02 Å². The van der Waals surface area contributed by atoms with E-state index in [0.717, 1.165) is 53.9 Å². The van der Waals surface area contributed by atoms with Gasteiger partial charge in [-0.15, -0.1) is 0 Å². The van der Waals surface area contributed by atoms with Gasteiger partial charge in [-0.3, -0.25) is 14.4 Å². The molecule has 0 spiro atoms. The lowest BCUT2D eigenvalue weighted by atomic mass is 10.2. The highest BCUT2D eigenvalue weighted by atomic mass is 35.5. The van der Waals surface area contributed by atoms with Crippen molar-refractivity contribution in [2.45, 2.75) is 19.8 Å². The van der Waals surface area contributed by atoms with Crippen molar-refractivity contribution in [2.75, 3.05) is 39.9 Å². The van der Waals surface area contributed by atoms with Crippen molar-refractivity contribution in [3.8, 4) is 11.4 Å². The van der Waals surface area contributed by atoms with Crippen LogP contribution >= 0.6 is 23.8 Å². The van der Waals surface area contributed by atoms with Gasteiger partial charge in [0.1, 0.15) is 0 Å². The molecule has 1 aromatic heterocycles. The number of rotatable bonds is 8. The van der Waals surface area contributed by atoms with E-state index in [4.69, 9.17) is 33.7 Å². The summed E-state index contributed by atoms with van der Waals surface area (Å²) in [5.74, 6) is 0.893. The normalized spacial score (nSPS) is 15.4. The van der Waals surface area contributed by atoms with Gasteiger partial charge in [0, 0.05) is 50.4 Å². The zero-order valence-corrected chi connectivity index (χ0v) is 19.4. The Morgan fingerprint density at radius 3 is 2.32 bits per heavy atom. The summed E-state index contributed by atoms with van der Waals surface area (Å²) in [6.07, 6.45) is 0. The summed E-state index contributed by atoms with van der Waals surface area (Å²) in [6.45, 7) is 6.96. The lowest BCUT2D eigenvalue weighted by Crippen LogP contribution is -2.46. The Hall–Kier alpha value is -2.03. The monoisotopic (exact) mass is 457 g/mol. The van der Waals surface area contributed by atoms with Crippen molar-refractivity contribution in [1.82, 2.24) is 24.1 Å². The Kier molecular flexibility index (Phi) is 7.53. The number of hydrogen-bond donors (Lipinski definition) is 0. The molecule has 1 saturated heterocycles. The molecule has 0 unspecified atom stereocenters.